The fourth-order valence-electron chi connectivity index (χ4n) is 1.60. The Morgan fingerprint density at radius 3 is 2.94 bits per heavy atom. The number of allylic oxidation sites excluding steroid dienone is 3. The fraction of sp³-hybridized carbons (Fsp3) is 0.500. The summed E-state index contributed by atoms with van der Waals surface area (Å²) < 4.78 is 4.54. The van der Waals surface area contributed by atoms with E-state index < -0.39 is 11.6 Å². The van der Waals surface area contributed by atoms with Crippen molar-refractivity contribution >= 4 is 23.1 Å². The van der Waals surface area contributed by atoms with Crippen LogP contribution in [0.1, 0.15) is 26.2 Å². The Balaban J connectivity index is 2.64. The Hall–Kier alpha value is -1.00. The summed E-state index contributed by atoms with van der Waals surface area (Å²) in [7, 11) is 1.31. The zero-order chi connectivity index (χ0) is 12.2. The summed E-state index contributed by atoms with van der Waals surface area (Å²) in [6.07, 6.45) is 6.87. The van der Waals surface area contributed by atoms with Crippen LogP contribution in [-0.2, 0) is 9.53 Å². The van der Waals surface area contributed by atoms with Gasteiger partial charge in [0.05, 0.1) is 19.1 Å². The molecular formula is C12H16O3S. The number of aliphatic hydroxyl groups is 1. The van der Waals surface area contributed by atoms with Crippen molar-refractivity contribution in [1.82, 2.24) is 0 Å². The number of carbonyl (C=O) groups excluding carboxylic acids is 1. The van der Waals surface area contributed by atoms with Gasteiger partial charge in [0, 0.05) is 17.7 Å². The highest BCUT2D eigenvalue weighted by Gasteiger charge is 2.27. The lowest BCUT2D eigenvalue weighted by molar-refractivity contribution is -0.145. The molecule has 0 saturated heterocycles. The third kappa shape index (κ3) is 3.87. The Morgan fingerprint density at radius 2 is 2.38 bits per heavy atom. The minimum Gasteiger partial charge on any atom is -0.469 e. The molecule has 0 aromatic rings. The van der Waals surface area contributed by atoms with Crippen molar-refractivity contribution in [1.29, 1.82) is 0 Å². The number of hydrogen-bond acceptors (Lipinski definition) is 4. The molecule has 0 unspecified atom stereocenters. The average Bonchev–Trinajstić information content (AvgIpc) is 2.20. The second-order valence-corrected chi connectivity index (χ2v) is 4.67. The molecule has 0 aliphatic heterocycles. The van der Waals surface area contributed by atoms with Crippen molar-refractivity contribution in [2.75, 3.05) is 7.11 Å². The highest BCUT2D eigenvalue weighted by Crippen LogP contribution is 2.24. The zero-order valence-corrected chi connectivity index (χ0v) is 10.3. The first-order valence-corrected chi connectivity index (χ1v) is 5.53. The lowest BCUT2D eigenvalue weighted by atomic mass is 9.89. The van der Waals surface area contributed by atoms with Crippen molar-refractivity contribution in [2.45, 2.75) is 31.8 Å². The van der Waals surface area contributed by atoms with Gasteiger partial charge in [-0.1, -0.05) is 30.4 Å². The van der Waals surface area contributed by atoms with Gasteiger partial charge in [0.25, 0.3) is 0 Å². The largest absolute Gasteiger partial charge is 0.469 e. The number of carbonyl (C=O) groups is 1. The first-order valence-electron chi connectivity index (χ1n) is 5.13. The van der Waals surface area contributed by atoms with Crippen LogP contribution in [0.25, 0.3) is 0 Å². The van der Waals surface area contributed by atoms with Crippen molar-refractivity contribution in [3.63, 3.8) is 0 Å². The van der Waals surface area contributed by atoms with Crippen LogP contribution >= 0.6 is 12.2 Å². The van der Waals surface area contributed by atoms with Gasteiger partial charge in [0.2, 0.25) is 0 Å². The Morgan fingerprint density at radius 1 is 1.69 bits per heavy atom. The van der Waals surface area contributed by atoms with Gasteiger partial charge < -0.3 is 9.84 Å². The van der Waals surface area contributed by atoms with Crippen LogP contribution in [0.2, 0.25) is 0 Å². The van der Waals surface area contributed by atoms with Crippen LogP contribution in [0.4, 0.5) is 0 Å². The molecule has 0 aromatic carbocycles. The summed E-state index contributed by atoms with van der Waals surface area (Å²) in [4.78, 5) is 11.9. The van der Waals surface area contributed by atoms with E-state index in [-0.39, 0.29) is 6.42 Å². The predicted octanol–water partition coefficient (Wildman–Crippen LogP) is 1.95. The first-order chi connectivity index (χ1) is 7.44. The number of esters is 1. The maximum atomic E-state index is 11.1. The first kappa shape index (κ1) is 13.1. The van der Waals surface area contributed by atoms with Crippen molar-refractivity contribution in [3.05, 3.63) is 23.8 Å². The summed E-state index contributed by atoms with van der Waals surface area (Å²) in [5.74, 6) is -0.414. The Kier molecular flexibility index (Phi) is 4.38. The van der Waals surface area contributed by atoms with E-state index in [9.17, 15) is 9.90 Å². The second kappa shape index (κ2) is 5.37. The van der Waals surface area contributed by atoms with Crippen molar-refractivity contribution in [3.8, 4) is 0 Å². The van der Waals surface area contributed by atoms with E-state index in [0.717, 1.165) is 16.9 Å². The molecule has 0 spiro atoms. The monoisotopic (exact) mass is 240 g/mol. The molecule has 1 rings (SSSR count). The van der Waals surface area contributed by atoms with E-state index in [0.29, 0.717) is 6.42 Å². The molecule has 0 heterocycles. The zero-order valence-electron chi connectivity index (χ0n) is 9.53. The molecule has 4 heteroatoms. The van der Waals surface area contributed by atoms with Crippen LogP contribution in [0.3, 0.4) is 0 Å². The van der Waals surface area contributed by atoms with Gasteiger partial charge >= 0.3 is 5.97 Å². The van der Waals surface area contributed by atoms with E-state index in [2.05, 4.69) is 4.74 Å². The predicted molar refractivity (Wildman–Crippen MR) is 66.3 cm³/mol. The van der Waals surface area contributed by atoms with Gasteiger partial charge in [-0.25, -0.2) is 0 Å². The summed E-state index contributed by atoms with van der Waals surface area (Å²) >= 11 is 5.19. The standard InChI is InChI=1S/C12H16O3S/c1-12(14,8-11(13)15-2)7-9-5-3-4-6-10(9)16/h3-5,14H,6-8H2,1-2H3/t12-/m1/s1. The SMILES string of the molecule is COC(=O)C[C@](C)(O)CC1=CC=CCC1=S. The number of hydrogen-bond donors (Lipinski definition) is 1. The molecule has 1 aliphatic rings. The van der Waals surface area contributed by atoms with Gasteiger partial charge in [-0.3, -0.25) is 4.79 Å². The second-order valence-electron chi connectivity index (χ2n) is 4.17. The molecule has 3 nitrogen and oxygen atoms in total. The summed E-state index contributed by atoms with van der Waals surface area (Å²) in [6.45, 7) is 1.62. The number of methoxy groups -OCH3 is 1. The molecule has 0 saturated carbocycles. The van der Waals surface area contributed by atoms with Crippen LogP contribution in [-0.4, -0.2) is 28.7 Å². The molecule has 1 atom stereocenters. The number of ether oxygens (including phenoxy) is 1. The highest BCUT2D eigenvalue weighted by atomic mass is 32.1. The highest BCUT2D eigenvalue weighted by molar-refractivity contribution is 7.80. The van der Waals surface area contributed by atoms with Gasteiger partial charge in [-0.05, 0) is 12.5 Å². The quantitative estimate of drug-likeness (QED) is 0.602. The summed E-state index contributed by atoms with van der Waals surface area (Å²) in [5, 5.41) is 10.1. The van der Waals surface area contributed by atoms with Crippen LogP contribution in [0.15, 0.2) is 23.8 Å². The maximum absolute atomic E-state index is 11.1. The lowest BCUT2D eigenvalue weighted by Gasteiger charge is -2.24. The van der Waals surface area contributed by atoms with Crippen molar-refractivity contribution in [2.24, 2.45) is 0 Å². The van der Waals surface area contributed by atoms with Crippen LogP contribution < -0.4 is 0 Å². The molecule has 0 amide bonds. The molecule has 0 bridgehead atoms. The smallest absolute Gasteiger partial charge is 0.308 e. The van der Waals surface area contributed by atoms with Gasteiger partial charge in [0.15, 0.2) is 0 Å². The van der Waals surface area contributed by atoms with E-state index in [1.54, 1.807) is 6.92 Å². The van der Waals surface area contributed by atoms with Crippen LogP contribution in [0, 0.1) is 0 Å². The van der Waals surface area contributed by atoms with E-state index in [1.165, 1.54) is 7.11 Å². The third-order valence-corrected chi connectivity index (χ3v) is 2.85. The fourth-order valence-corrected chi connectivity index (χ4v) is 1.83. The van der Waals surface area contributed by atoms with E-state index >= 15 is 0 Å². The van der Waals surface area contributed by atoms with E-state index in [1.807, 2.05) is 18.2 Å². The molecule has 88 valence electrons. The Bertz CT molecular complexity index is 353. The summed E-state index contributed by atoms with van der Waals surface area (Å²) in [6, 6.07) is 0. The Labute approximate surface area is 101 Å². The average molecular weight is 240 g/mol. The maximum Gasteiger partial charge on any atom is 0.308 e. The molecule has 16 heavy (non-hydrogen) atoms. The molecule has 0 aromatic heterocycles. The van der Waals surface area contributed by atoms with Crippen LogP contribution in [0.5, 0.6) is 0 Å². The lowest BCUT2D eigenvalue weighted by Crippen LogP contribution is -2.30. The normalized spacial score (nSPS) is 18.9. The number of thiocarbonyl (C=S) groups is 1. The van der Waals surface area contributed by atoms with Crippen molar-refractivity contribution < 1.29 is 14.6 Å². The molecule has 0 fully saturated rings. The molecule has 0 radical (unpaired) electrons. The van der Waals surface area contributed by atoms with Gasteiger partial charge in [0.1, 0.15) is 0 Å². The minimum atomic E-state index is -1.10. The molecule has 1 aliphatic carbocycles. The minimum absolute atomic E-state index is 0.0207. The van der Waals surface area contributed by atoms with Gasteiger partial charge in [-0.2, -0.15) is 0 Å². The summed E-state index contributed by atoms with van der Waals surface area (Å²) in [5.41, 5.74) is -0.180. The molecular weight excluding hydrogens is 224 g/mol. The third-order valence-electron chi connectivity index (χ3n) is 2.42. The van der Waals surface area contributed by atoms with Gasteiger partial charge in [-0.15, -0.1) is 0 Å². The topological polar surface area (TPSA) is 46.5 Å². The molecule has 1 N–H and O–H groups in total. The van der Waals surface area contributed by atoms with E-state index in [4.69, 9.17) is 12.2 Å². The number of rotatable bonds is 4.